The Morgan fingerprint density at radius 3 is 1.73 bits per heavy atom. The maximum Gasteiger partial charge on any atom is 0.252 e. The molecule has 3 nitrogen and oxygen atoms in total. The van der Waals surface area contributed by atoms with E-state index < -0.39 is 0 Å². The summed E-state index contributed by atoms with van der Waals surface area (Å²) in [6, 6.07) is 63.0. The number of rotatable bonds is 5. The van der Waals surface area contributed by atoms with Gasteiger partial charge in [0.15, 0.2) is 0 Å². The normalized spacial score (nSPS) is 21.1. The highest BCUT2D eigenvalue weighted by molar-refractivity contribution is 7.00. The van der Waals surface area contributed by atoms with Crippen molar-refractivity contribution >= 4 is 68.6 Å². The van der Waals surface area contributed by atoms with Gasteiger partial charge in [-0.2, -0.15) is 0 Å². The first-order valence-electron chi connectivity index (χ1n) is 29.5. The van der Waals surface area contributed by atoms with Crippen LogP contribution in [-0.2, 0) is 41.9 Å². The SMILES string of the molecule is CC1(C)Cc2ccc(N3c4cc5c(cc4B4c6ccccc6N(c6ccc(C(C)(C)C)cc6-c6ccccc6)c6cc(N7c8ccc(-c9ccc(C(C)(C)C)cc9)cc8C8(C)CCCCC78C)cc3c64)CC(C)(C)C5)cc2C1. The topological polar surface area (TPSA) is 9.72 Å². The van der Waals surface area contributed by atoms with E-state index >= 15 is 0 Å². The Bertz CT molecular complexity index is 3770. The van der Waals surface area contributed by atoms with Crippen LogP contribution in [0.3, 0.4) is 0 Å². The van der Waals surface area contributed by atoms with Crippen molar-refractivity contribution in [1.29, 1.82) is 0 Å². The first kappa shape index (κ1) is 49.5. The van der Waals surface area contributed by atoms with E-state index in [9.17, 15) is 0 Å². The summed E-state index contributed by atoms with van der Waals surface area (Å²) in [5, 5.41) is 0. The number of para-hydroxylation sites is 1. The van der Waals surface area contributed by atoms with E-state index in [1.54, 1.807) is 0 Å². The molecule has 1 fully saturated rings. The smallest absolute Gasteiger partial charge is 0.252 e. The highest BCUT2D eigenvalue weighted by atomic mass is 15.3. The molecule has 8 aromatic rings. The number of anilines is 8. The monoisotopic (exact) mass is 1020 g/mol. The molecule has 392 valence electrons. The molecule has 3 aliphatic carbocycles. The molecule has 78 heavy (non-hydrogen) atoms. The van der Waals surface area contributed by atoms with Gasteiger partial charge in [-0.3, -0.25) is 0 Å². The molecule has 3 aliphatic heterocycles. The van der Waals surface area contributed by atoms with Crippen molar-refractivity contribution in [2.45, 2.75) is 156 Å². The van der Waals surface area contributed by atoms with Crippen molar-refractivity contribution in [3.8, 4) is 22.3 Å². The lowest BCUT2D eigenvalue weighted by atomic mass is 9.33. The van der Waals surface area contributed by atoms with Crippen molar-refractivity contribution < 1.29 is 0 Å². The predicted molar refractivity (Wildman–Crippen MR) is 334 cm³/mol. The molecule has 14 rings (SSSR count). The van der Waals surface area contributed by atoms with E-state index in [-0.39, 0.29) is 39.3 Å². The molecular formula is C74H78BN3. The summed E-state index contributed by atoms with van der Waals surface area (Å²) in [5.74, 6) is 0. The second-order valence-corrected chi connectivity index (χ2v) is 28.8. The fourth-order valence-electron chi connectivity index (χ4n) is 15.9. The number of hydrogen-bond acceptors (Lipinski definition) is 3. The molecule has 0 saturated heterocycles. The number of benzene rings is 8. The van der Waals surface area contributed by atoms with Gasteiger partial charge in [0.1, 0.15) is 0 Å². The van der Waals surface area contributed by atoms with Crippen LogP contribution in [0.2, 0.25) is 0 Å². The van der Waals surface area contributed by atoms with Crippen LogP contribution in [0.5, 0.6) is 0 Å². The Balaban J connectivity index is 1.07. The Morgan fingerprint density at radius 1 is 0.410 bits per heavy atom. The number of nitrogens with zero attached hydrogens (tertiary/aromatic N) is 3. The van der Waals surface area contributed by atoms with Gasteiger partial charge >= 0.3 is 0 Å². The van der Waals surface area contributed by atoms with Gasteiger partial charge < -0.3 is 14.7 Å². The summed E-state index contributed by atoms with van der Waals surface area (Å²) in [4.78, 5) is 8.28. The summed E-state index contributed by atoms with van der Waals surface area (Å²) in [5.41, 5.74) is 30.0. The Morgan fingerprint density at radius 2 is 1.01 bits per heavy atom. The molecule has 3 heterocycles. The molecule has 6 aliphatic rings. The molecule has 0 N–H and O–H groups in total. The highest BCUT2D eigenvalue weighted by Gasteiger charge is 2.58. The summed E-state index contributed by atoms with van der Waals surface area (Å²) in [6.45, 7) is 29.1. The van der Waals surface area contributed by atoms with Gasteiger partial charge in [-0.1, -0.05) is 186 Å². The van der Waals surface area contributed by atoms with Crippen molar-refractivity contribution in [3.63, 3.8) is 0 Å². The van der Waals surface area contributed by atoms with E-state index in [1.165, 1.54) is 136 Å². The first-order chi connectivity index (χ1) is 37.1. The van der Waals surface area contributed by atoms with Gasteiger partial charge in [-0.15, -0.1) is 0 Å². The second kappa shape index (κ2) is 16.9. The molecule has 4 heteroatoms. The van der Waals surface area contributed by atoms with Crippen LogP contribution in [0.25, 0.3) is 22.3 Å². The molecule has 0 aromatic heterocycles. The fraction of sp³-hybridized carbons (Fsp3) is 0.351. The molecule has 0 spiro atoms. The van der Waals surface area contributed by atoms with E-state index in [0.29, 0.717) is 0 Å². The molecule has 8 aromatic carbocycles. The Hall–Kier alpha value is -6.78. The van der Waals surface area contributed by atoms with Crippen LogP contribution in [0, 0.1) is 10.8 Å². The summed E-state index contributed by atoms with van der Waals surface area (Å²) >= 11 is 0. The Labute approximate surface area is 466 Å². The van der Waals surface area contributed by atoms with Crippen LogP contribution < -0.4 is 31.1 Å². The largest absolute Gasteiger partial charge is 0.334 e. The quantitative estimate of drug-likeness (QED) is 0.159. The zero-order valence-electron chi connectivity index (χ0n) is 48.6. The summed E-state index contributed by atoms with van der Waals surface area (Å²) in [6.07, 6.45) is 9.12. The van der Waals surface area contributed by atoms with Gasteiger partial charge in [0.25, 0.3) is 6.71 Å². The molecule has 0 radical (unpaired) electrons. The number of hydrogen-bond donors (Lipinski definition) is 0. The molecular weight excluding hydrogens is 942 g/mol. The summed E-state index contributed by atoms with van der Waals surface area (Å²) in [7, 11) is 0. The molecule has 1 saturated carbocycles. The van der Waals surface area contributed by atoms with Gasteiger partial charge in [0, 0.05) is 50.8 Å². The van der Waals surface area contributed by atoms with Crippen LogP contribution >= 0.6 is 0 Å². The molecule has 2 atom stereocenters. The average Bonchev–Trinajstić information content (AvgIpc) is 3.81. The van der Waals surface area contributed by atoms with E-state index in [2.05, 4.69) is 256 Å². The summed E-state index contributed by atoms with van der Waals surface area (Å²) < 4.78 is 0. The molecule has 2 unspecified atom stereocenters. The molecule has 0 bridgehead atoms. The lowest BCUT2D eigenvalue weighted by Crippen LogP contribution is -2.61. The second-order valence-electron chi connectivity index (χ2n) is 28.8. The highest BCUT2D eigenvalue weighted by Crippen LogP contribution is 2.62. The number of fused-ring (bicyclic) bond motifs is 9. The van der Waals surface area contributed by atoms with Gasteiger partial charge in [-0.25, -0.2) is 0 Å². The Kier molecular flexibility index (Phi) is 10.7. The third-order valence-electron chi connectivity index (χ3n) is 20.0. The zero-order valence-corrected chi connectivity index (χ0v) is 48.6. The maximum atomic E-state index is 2.85. The lowest BCUT2D eigenvalue weighted by Gasteiger charge is -2.51. The zero-order chi connectivity index (χ0) is 54.1. The van der Waals surface area contributed by atoms with Crippen LogP contribution in [0.15, 0.2) is 158 Å². The minimum Gasteiger partial charge on any atom is -0.334 e. The molecule has 0 amide bonds. The average molecular weight is 1020 g/mol. The minimum absolute atomic E-state index is 0.0306. The first-order valence-corrected chi connectivity index (χ1v) is 29.5. The van der Waals surface area contributed by atoms with E-state index in [1.807, 2.05) is 0 Å². The van der Waals surface area contributed by atoms with Gasteiger partial charge in [-0.05, 0) is 200 Å². The van der Waals surface area contributed by atoms with E-state index in [4.69, 9.17) is 0 Å². The lowest BCUT2D eigenvalue weighted by molar-refractivity contribution is 0.195. The standard InChI is InChI=1S/C74H78BN3/c1-69(2,3)54-28-24-47(25-29-54)49-27-32-63-59(37-49)73(11)34-18-19-35-74(73,12)78(63)57-41-66-68-67(42-57)77(62-33-30-55(70(4,5)6)40-58(62)48-20-14-13-15-21-48)64-23-17-16-22-60(64)75(68)61-38-52-45-72(9,10)46-53(52)39-65(61)76(66)56-31-26-50-43-71(7,8)44-51(50)36-56/h13-17,20-33,36-42H,18-19,34-35,43-46H2,1-12H3. The maximum absolute atomic E-state index is 2.85. The predicted octanol–water partition coefficient (Wildman–Crippen LogP) is 17.7. The van der Waals surface area contributed by atoms with Crippen LogP contribution in [0.4, 0.5) is 45.5 Å². The minimum atomic E-state index is -0.174. The van der Waals surface area contributed by atoms with Crippen molar-refractivity contribution in [1.82, 2.24) is 0 Å². The fourth-order valence-corrected chi connectivity index (χ4v) is 15.9. The van der Waals surface area contributed by atoms with Crippen LogP contribution in [-0.4, -0.2) is 12.3 Å². The van der Waals surface area contributed by atoms with E-state index in [0.717, 1.165) is 38.5 Å². The van der Waals surface area contributed by atoms with Crippen molar-refractivity contribution in [3.05, 3.63) is 197 Å². The van der Waals surface area contributed by atoms with Crippen molar-refractivity contribution in [2.24, 2.45) is 10.8 Å². The van der Waals surface area contributed by atoms with Gasteiger partial charge in [0.2, 0.25) is 0 Å². The van der Waals surface area contributed by atoms with Crippen molar-refractivity contribution in [2.75, 3.05) is 14.7 Å². The van der Waals surface area contributed by atoms with Crippen LogP contribution in [0.1, 0.15) is 148 Å². The van der Waals surface area contributed by atoms with Gasteiger partial charge in [0.05, 0.1) is 11.2 Å². The third-order valence-corrected chi connectivity index (χ3v) is 20.0. The third kappa shape index (κ3) is 7.50.